The second-order valence-electron chi connectivity index (χ2n) is 12.7. The number of unbranched alkanes of at least 4 members (excludes halogenated alkanes) is 17. The quantitative estimate of drug-likeness (QED) is 0.0446. The summed E-state index contributed by atoms with van der Waals surface area (Å²) in [6.07, 6.45) is 51.2. The summed E-state index contributed by atoms with van der Waals surface area (Å²) in [5, 5.41) is 3.12. The third-order valence-corrected chi connectivity index (χ3v) is 8.31. The van der Waals surface area contributed by atoms with Gasteiger partial charge in [-0.05, 0) is 110 Å². The van der Waals surface area contributed by atoms with E-state index in [1.54, 1.807) is 0 Å². The summed E-state index contributed by atoms with van der Waals surface area (Å²) < 4.78 is 5.95. The molecule has 0 aliphatic heterocycles. The van der Waals surface area contributed by atoms with E-state index in [-0.39, 0.29) is 12.1 Å². The summed E-state index contributed by atoms with van der Waals surface area (Å²) in [6, 6.07) is 0. The zero-order valence-electron chi connectivity index (χ0n) is 29.8. The van der Waals surface area contributed by atoms with Gasteiger partial charge in [-0.15, -0.1) is 0 Å². The van der Waals surface area contributed by atoms with Gasteiger partial charge in [-0.25, -0.2) is 0 Å². The molecule has 0 heterocycles. The van der Waals surface area contributed by atoms with Crippen LogP contribution in [0.3, 0.4) is 0 Å². The van der Waals surface area contributed by atoms with Gasteiger partial charge in [0.1, 0.15) is 6.10 Å². The monoisotopic (exact) mass is 614 g/mol. The van der Waals surface area contributed by atoms with Crippen molar-refractivity contribution in [3.8, 4) is 0 Å². The van der Waals surface area contributed by atoms with Crippen molar-refractivity contribution in [2.24, 2.45) is 0 Å². The largest absolute Gasteiger partial charge is 0.462 e. The number of allylic oxidation sites excluding steroid dienone is 8. The molecular formula is C41H75NO2. The van der Waals surface area contributed by atoms with Gasteiger partial charge in [0.2, 0.25) is 0 Å². The van der Waals surface area contributed by atoms with E-state index < -0.39 is 0 Å². The number of carbonyl (C=O) groups is 1. The van der Waals surface area contributed by atoms with E-state index in [4.69, 9.17) is 4.74 Å². The number of esters is 1. The van der Waals surface area contributed by atoms with Gasteiger partial charge in [-0.3, -0.25) is 4.79 Å². The topological polar surface area (TPSA) is 38.3 Å². The van der Waals surface area contributed by atoms with Crippen molar-refractivity contribution in [2.45, 2.75) is 193 Å². The van der Waals surface area contributed by atoms with Crippen LogP contribution in [-0.2, 0) is 9.53 Å². The molecule has 0 aromatic rings. The van der Waals surface area contributed by atoms with Crippen LogP contribution in [0.5, 0.6) is 0 Å². The van der Waals surface area contributed by atoms with E-state index in [2.05, 4.69) is 67.8 Å². The zero-order chi connectivity index (χ0) is 32.0. The second kappa shape index (κ2) is 37.6. The van der Waals surface area contributed by atoms with Crippen LogP contribution in [0.25, 0.3) is 0 Å². The fourth-order valence-electron chi connectivity index (χ4n) is 5.46. The van der Waals surface area contributed by atoms with Gasteiger partial charge < -0.3 is 10.1 Å². The third kappa shape index (κ3) is 34.9. The predicted octanol–water partition coefficient (Wildman–Crippen LogP) is 12.9. The van der Waals surface area contributed by atoms with Gasteiger partial charge in [0.15, 0.2) is 0 Å². The number of hydrogen-bond donors (Lipinski definition) is 1. The van der Waals surface area contributed by atoms with E-state index >= 15 is 0 Å². The van der Waals surface area contributed by atoms with Crippen LogP contribution < -0.4 is 5.32 Å². The number of rotatable bonds is 34. The Balaban J connectivity index is 3.96. The van der Waals surface area contributed by atoms with Crippen molar-refractivity contribution in [3.05, 3.63) is 48.6 Å². The van der Waals surface area contributed by atoms with Crippen LogP contribution in [0.2, 0.25) is 0 Å². The molecule has 0 spiro atoms. The summed E-state index contributed by atoms with van der Waals surface area (Å²) in [4.78, 5) is 12.4. The van der Waals surface area contributed by atoms with Gasteiger partial charge >= 0.3 is 5.97 Å². The summed E-state index contributed by atoms with van der Waals surface area (Å²) in [5.74, 6) is -0.00659. The molecule has 0 bridgehead atoms. The molecule has 1 unspecified atom stereocenters. The molecule has 0 saturated carbocycles. The van der Waals surface area contributed by atoms with E-state index in [1.165, 1.54) is 135 Å². The Morgan fingerprint density at radius 1 is 0.523 bits per heavy atom. The molecule has 0 radical (unpaired) electrons. The van der Waals surface area contributed by atoms with Crippen LogP contribution in [0, 0.1) is 0 Å². The van der Waals surface area contributed by atoms with E-state index in [9.17, 15) is 4.79 Å². The smallest absolute Gasteiger partial charge is 0.306 e. The summed E-state index contributed by atoms with van der Waals surface area (Å²) in [6.45, 7) is 5.39. The SMILES string of the molecule is CCCCCC=CCC=CCCCCCCCCC(CCCCCCCC=CCC=CCCCCC)OC(=O)CCCNC. The first-order valence-corrected chi connectivity index (χ1v) is 19.2. The highest BCUT2D eigenvalue weighted by atomic mass is 16.5. The van der Waals surface area contributed by atoms with E-state index in [1.807, 2.05) is 7.05 Å². The molecule has 1 atom stereocenters. The Kier molecular flexibility index (Phi) is 36.2. The van der Waals surface area contributed by atoms with Crippen LogP contribution >= 0.6 is 0 Å². The number of ether oxygens (including phenoxy) is 1. The van der Waals surface area contributed by atoms with Crippen LogP contribution in [0.15, 0.2) is 48.6 Å². The standard InChI is InChI=1S/C41H75NO2/c1-4-6-8-10-12-14-16-18-20-22-24-26-28-30-32-34-37-40(44-41(43)38-35-39-42-3)36-33-31-29-27-25-23-21-19-17-15-13-11-9-7-5-2/h12-15,18-21,40,42H,4-11,16-17,22-39H2,1-3H3. The van der Waals surface area contributed by atoms with Crippen molar-refractivity contribution in [1.82, 2.24) is 5.32 Å². The highest BCUT2D eigenvalue weighted by molar-refractivity contribution is 5.69. The van der Waals surface area contributed by atoms with Crippen LogP contribution in [0.1, 0.15) is 187 Å². The highest BCUT2D eigenvalue weighted by Gasteiger charge is 2.14. The minimum Gasteiger partial charge on any atom is -0.462 e. The number of nitrogens with one attached hydrogen (secondary N) is 1. The summed E-state index contributed by atoms with van der Waals surface area (Å²) in [5.41, 5.74) is 0. The van der Waals surface area contributed by atoms with E-state index in [0.717, 1.165) is 38.6 Å². The van der Waals surface area contributed by atoms with Crippen molar-refractivity contribution >= 4 is 5.97 Å². The lowest BCUT2D eigenvalue weighted by Gasteiger charge is -2.18. The van der Waals surface area contributed by atoms with Gasteiger partial charge in [0, 0.05) is 6.42 Å². The maximum Gasteiger partial charge on any atom is 0.306 e. The molecule has 0 saturated heterocycles. The van der Waals surface area contributed by atoms with Crippen molar-refractivity contribution in [3.63, 3.8) is 0 Å². The maximum absolute atomic E-state index is 12.4. The summed E-state index contributed by atoms with van der Waals surface area (Å²) in [7, 11) is 1.93. The molecule has 0 aliphatic carbocycles. The van der Waals surface area contributed by atoms with Gasteiger partial charge in [0.25, 0.3) is 0 Å². The minimum absolute atomic E-state index is 0.00659. The molecule has 256 valence electrons. The molecule has 3 heteroatoms. The average molecular weight is 614 g/mol. The number of carbonyl (C=O) groups excluding carboxylic acids is 1. The molecule has 0 fully saturated rings. The third-order valence-electron chi connectivity index (χ3n) is 8.31. The van der Waals surface area contributed by atoms with Gasteiger partial charge in [-0.2, -0.15) is 0 Å². The first kappa shape index (κ1) is 42.4. The predicted molar refractivity (Wildman–Crippen MR) is 196 cm³/mol. The first-order valence-electron chi connectivity index (χ1n) is 19.2. The lowest BCUT2D eigenvalue weighted by molar-refractivity contribution is -0.150. The lowest BCUT2D eigenvalue weighted by Crippen LogP contribution is -2.19. The van der Waals surface area contributed by atoms with Crippen molar-refractivity contribution < 1.29 is 9.53 Å². The van der Waals surface area contributed by atoms with Crippen molar-refractivity contribution in [1.29, 1.82) is 0 Å². The van der Waals surface area contributed by atoms with Crippen LogP contribution in [0.4, 0.5) is 0 Å². The number of hydrogen-bond acceptors (Lipinski definition) is 3. The van der Waals surface area contributed by atoms with Crippen molar-refractivity contribution in [2.75, 3.05) is 13.6 Å². The Labute approximate surface area is 275 Å². The minimum atomic E-state index is -0.00659. The maximum atomic E-state index is 12.4. The fraction of sp³-hybridized carbons (Fsp3) is 0.780. The molecule has 1 N–H and O–H groups in total. The Hall–Kier alpha value is -1.61. The molecule has 0 rings (SSSR count). The van der Waals surface area contributed by atoms with Gasteiger partial charge in [0.05, 0.1) is 0 Å². The molecule has 0 aromatic heterocycles. The van der Waals surface area contributed by atoms with Crippen LogP contribution in [-0.4, -0.2) is 25.7 Å². The Morgan fingerprint density at radius 3 is 1.32 bits per heavy atom. The average Bonchev–Trinajstić information content (AvgIpc) is 3.02. The lowest BCUT2D eigenvalue weighted by atomic mass is 10.0. The Bertz CT molecular complexity index is 693. The second-order valence-corrected chi connectivity index (χ2v) is 12.7. The molecule has 0 aliphatic rings. The normalized spacial score (nSPS) is 12.9. The molecule has 0 aromatic carbocycles. The fourth-order valence-corrected chi connectivity index (χ4v) is 5.46. The van der Waals surface area contributed by atoms with E-state index in [0.29, 0.717) is 6.42 Å². The molecule has 3 nitrogen and oxygen atoms in total. The molecular weight excluding hydrogens is 538 g/mol. The molecule has 0 amide bonds. The Morgan fingerprint density at radius 2 is 0.909 bits per heavy atom. The zero-order valence-corrected chi connectivity index (χ0v) is 29.8. The highest BCUT2D eigenvalue weighted by Crippen LogP contribution is 2.18. The summed E-state index contributed by atoms with van der Waals surface area (Å²) >= 11 is 0. The van der Waals surface area contributed by atoms with Gasteiger partial charge in [-0.1, -0.05) is 133 Å². The first-order chi connectivity index (χ1) is 21.7. The molecule has 44 heavy (non-hydrogen) atoms.